The van der Waals surface area contributed by atoms with Crippen LogP contribution in [-0.2, 0) is 11.3 Å². The fraction of sp³-hybridized carbons (Fsp3) is 0.333. The third kappa shape index (κ3) is 2.55. The molecule has 104 valence electrons. The molecule has 0 aliphatic heterocycles. The molecule has 1 aromatic carbocycles. The highest BCUT2D eigenvalue weighted by molar-refractivity contribution is 9.10. The first-order valence-corrected chi connectivity index (χ1v) is 7.37. The minimum atomic E-state index is -0.121. The number of aromatic nitrogens is 2. The molecule has 5 heteroatoms. The number of nitrogens with one attached hydrogen (secondary N) is 1. The Balaban J connectivity index is 2.13. The molecule has 1 aromatic heterocycles. The molecule has 0 radical (unpaired) electrons. The maximum absolute atomic E-state index is 12.1. The van der Waals surface area contributed by atoms with Crippen molar-refractivity contribution in [2.75, 3.05) is 7.11 Å². The number of hydrogen-bond acceptors (Lipinski definition) is 3. The van der Waals surface area contributed by atoms with Crippen molar-refractivity contribution in [1.29, 1.82) is 0 Å². The van der Waals surface area contributed by atoms with Gasteiger partial charge in [0.05, 0.1) is 12.3 Å². The quantitative estimate of drug-likeness (QED) is 0.933. The van der Waals surface area contributed by atoms with Gasteiger partial charge in [0.1, 0.15) is 10.3 Å². The lowest BCUT2D eigenvalue weighted by Gasteiger charge is -2.10. The molecule has 1 heterocycles. The summed E-state index contributed by atoms with van der Waals surface area (Å²) >= 11 is 3.35. The van der Waals surface area contributed by atoms with Gasteiger partial charge in [-0.2, -0.15) is 0 Å². The monoisotopic (exact) mass is 334 g/mol. The van der Waals surface area contributed by atoms with Crippen molar-refractivity contribution in [2.45, 2.75) is 25.4 Å². The van der Waals surface area contributed by atoms with Gasteiger partial charge in [-0.3, -0.25) is 4.79 Å². The van der Waals surface area contributed by atoms with E-state index in [2.05, 4.69) is 25.9 Å². The summed E-state index contributed by atoms with van der Waals surface area (Å²) in [7, 11) is 1.66. The van der Waals surface area contributed by atoms with Gasteiger partial charge in [0.25, 0.3) is 5.56 Å². The topological polar surface area (TPSA) is 55.0 Å². The van der Waals surface area contributed by atoms with Crippen LogP contribution in [0.15, 0.2) is 33.5 Å². The molecular weight excluding hydrogens is 320 g/mol. The highest BCUT2D eigenvalue weighted by atomic mass is 79.9. The molecule has 4 nitrogen and oxygen atoms in total. The molecule has 0 atom stereocenters. The first kappa shape index (κ1) is 13.5. The van der Waals surface area contributed by atoms with Crippen LogP contribution in [0.4, 0.5) is 0 Å². The van der Waals surface area contributed by atoms with Crippen molar-refractivity contribution in [2.24, 2.45) is 0 Å². The van der Waals surface area contributed by atoms with E-state index in [4.69, 9.17) is 4.74 Å². The maximum Gasteiger partial charge on any atom is 0.265 e. The molecule has 0 bridgehead atoms. The molecule has 20 heavy (non-hydrogen) atoms. The van der Waals surface area contributed by atoms with Crippen LogP contribution in [0.2, 0.25) is 0 Å². The number of ether oxygens (including phenoxy) is 1. The van der Waals surface area contributed by atoms with Crippen LogP contribution in [0, 0.1) is 0 Å². The molecule has 2 aromatic rings. The average Bonchev–Trinajstić information content (AvgIpc) is 3.27. The van der Waals surface area contributed by atoms with E-state index in [0.717, 1.165) is 29.7 Å². The Morgan fingerprint density at radius 1 is 1.40 bits per heavy atom. The number of methoxy groups -OCH3 is 1. The zero-order valence-corrected chi connectivity index (χ0v) is 12.7. The molecule has 1 aliphatic carbocycles. The van der Waals surface area contributed by atoms with Gasteiger partial charge in [0.15, 0.2) is 0 Å². The summed E-state index contributed by atoms with van der Waals surface area (Å²) in [5.41, 5.74) is 2.68. The molecule has 1 aliphatic rings. The number of aromatic amines is 1. The number of H-pyrrole nitrogens is 1. The van der Waals surface area contributed by atoms with Gasteiger partial charge in [0.2, 0.25) is 0 Å². The van der Waals surface area contributed by atoms with Crippen LogP contribution in [0.1, 0.15) is 30.0 Å². The summed E-state index contributed by atoms with van der Waals surface area (Å²) in [6.07, 6.45) is 2.21. The summed E-state index contributed by atoms with van der Waals surface area (Å²) in [6, 6.07) is 7.83. The van der Waals surface area contributed by atoms with Gasteiger partial charge in [-0.25, -0.2) is 4.98 Å². The third-order valence-corrected chi connectivity index (χ3v) is 4.19. The number of rotatable bonds is 4. The first-order chi connectivity index (χ1) is 9.70. The van der Waals surface area contributed by atoms with Crippen molar-refractivity contribution in [3.63, 3.8) is 0 Å². The van der Waals surface area contributed by atoms with E-state index in [1.807, 2.05) is 24.3 Å². The van der Waals surface area contributed by atoms with Crippen LogP contribution in [0.25, 0.3) is 11.4 Å². The average molecular weight is 335 g/mol. The van der Waals surface area contributed by atoms with Crippen molar-refractivity contribution >= 4 is 15.9 Å². The fourth-order valence-electron chi connectivity index (χ4n) is 2.26. The van der Waals surface area contributed by atoms with E-state index in [1.165, 1.54) is 0 Å². The molecule has 1 N–H and O–H groups in total. The Bertz CT molecular complexity index is 693. The standard InChI is InChI=1S/C15H15BrN2O2/c1-20-8-10-4-2-3-5-11(10)14-17-13(9-6-7-9)12(16)15(19)18-14/h2-5,9H,6-8H2,1H3,(H,17,18,19). The molecule has 1 saturated carbocycles. The normalized spacial score (nSPS) is 14.5. The molecule has 0 spiro atoms. The van der Waals surface area contributed by atoms with Gasteiger partial charge in [-0.1, -0.05) is 24.3 Å². The number of benzene rings is 1. The zero-order valence-electron chi connectivity index (χ0n) is 11.1. The van der Waals surface area contributed by atoms with Crippen molar-refractivity contribution in [1.82, 2.24) is 9.97 Å². The maximum atomic E-state index is 12.1. The minimum Gasteiger partial charge on any atom is -0.380 e. The van der Waals surface area contributed by atoms with Crippen LogP contribution < -0.4 is 5.56 Å². The second kappa shape index (κ2) is 5.50. The van der Waals surface area contributed by atoms with Gasteiger partial charge < -0.3 is 9.72 Å². The zero-order chi connectivity index (χ0) is 14.1. The Kier molecular flexibility index (Phi) is 3.72. The SMILES string of the molecule is COCc1ccccc1-c1nc(C2CC2)c(Br)c(=O)[nH]1. The van der Waals surface area contributed by atoms with Gasteiger partial charge >= 0.3 is 0 Å². The van der Waals surface area contributed by atoms with Gasteiger partial charge in [-0.05, 0) is 34.3 Å². The van der Waals surface area contributed by atoms with Crippen LogP contribution >= 0.6 is 15.9 Å². The fourth-order valence-corrected chi connectivity index (χ4v) is 2.78. The van der Waals surface area contributed by atoms with E-state index in [1.54, 1.807) is 7.11 Å². The summed E-state index contributed by atoms with van der Waals surface area (Å²) in [6.45, 7) is 0.495. The highest BCUT2D eigenvalue weighted by Gasteiger charge is 2.29. The number of nitrogens with zero attached hydrogens (tertiary/aromatic N) is 1. The number of halogens is 1. The molecule has 3 rings (SSSR count). The Morgan fingerprint density at radius 2 is 2.15 bits per heavy atom. The smallest absolute Gasteiger partial charge is 0.265 e. The van der Waals surface area contributed by atoms with Crippen LogP contribution in [0.5, 0.6) is 0 Å². The lowest BCUT2D eigenvalue weighted by atomic mass is 10.1. The predicted octanol–water partition coefficient (Wildman–Crippen LogP) is 3.22. The highest BCUT2D eigenvalue weighted by Crippen LogP contribution is 2.41. The summed E-state index contributed by atoms with van der Waals surface area (Å²) in [5.74, 6) is 1.03. The van der Waals surface area contributed by atoms with E-state index < -0.39 is 0 Å². The van der Waals surface area contributed by atoms with Gasteiger partial charge in [0, 0.05) is 18.6 Å². The van der Waals surface area contributed by atoms with Gasteiger partial charge in [-0.15, -0.1) is 0 Å². The number of hydrogen-bond donors (Lipinski definition) is 1. The summed E-state index contributed by atoms with van der Waals surface area (Å²) < 4.78 is 5.77. The second-order valence-corrected chi connectivity index (χ2v) is 5.77. The van der Waals surface area contributed by atoms with E-state index in [0.29, 0.717) is 22.8 Å². The second-order valence-electron chi connectivity index (χ2n) is 4.98. The first-order valence-electron chi connectivity index (χ1n) is 6.57. The Labute approximate surface area is 125 Å². The van der Waals surface area contributed by atoms with E-state index >= 15 is 0 Å². The molecule has 0 amide bonds. The minimum absolute atomic E-state index is 0.121. The largest absolute Gasteiger partial charge is 0.380 e. The summed E-state index contributed by atoms with van der Waals surface area (Å²) in [5, 5.41) is 0. The lowest BCUT2D eigenvalue weighted by Crippen LogP contribution is -2.13. The molecular formula is C15H15BrN2O2. The third-order valence-electron chi connectivity index (χ3n) is 3.42. The lowest BCUT2D eigenvalue weighted by molar-refractivity contribution is 0.185. The molecule has 0 saturated heterocycles. The molecule has 1 fully saturated rings. The Hall–Kier alpha value is -1.46. The van der Waals surface area contributed by atoms with Crippen LogP contribution in [-0.4, -0.2) is 17.1 Å². The summed E-state index contributed by atoms with van der Waals surface area (Å²) in [4.78, 5) is 19.6. The van der Waals surface area contributed by atoms with Crippen molar-refractivity contribution < 1.29 is 4.74 Å². The van der Waals surface area contributed by atoms with E-state index in [9.17, 15) is 4.79 Å². The van der Waals surface area contributed by atoms with Crippen molar-refractivity contribution in [3.05, 3.63) is 50.3 Å². The van der Waals surface area contributed by atoms with E-state index in [-0.39, 0.29) is 5.56 Å². The van der Waals surface area contributed by atoms with Crippen molar-refractivity contribution in [3.8, 4) is 11.4 Å². The van der Waals surface area contributed by atoms with Crippen LogP contribution in [0.3, 0.4) is 0 Å². The predicted molar refractivity (Wildman–Crippen MR) is 80.7 cm³/mol. The Morgan fingerprint density at radius 3 is 2.85 bits per heavy atom. The molecule has 0 unspecified atom stereocenters.